The van der Waals surface area contributed by atoms with Crippen LogP contribution in [0.2, 0.25) is 0 Å². The predicted octanol–water partition coefficient (Wildman–Crippen LogP) is 2.25. The average molecular weight is 285 g/mol. The van der Waals surface area contributed by atoms with Crippen LogP contribution in [0.25, 0.3) is 0 Å². The summed E-state index contributed by atoms with van der Waals surface area (Å²) in [6.07, 6.45) is 7.94. The lowest BCUT2D eigenvalue weighted by Gasteiger charge is -2.38. The van der Waals surface area contributed by atoms with E-state index in [0.29, 0.717) is 11.9 Å². The molecular weight excluding hydrogens is 262 g/mol. The molecule has 1 amide bonds. The van der Waals surface area contributed by atoms with Crippen molar-refractivity contribution < 1.29 is 4.79 Å². The normalized spacial score (nSPS) is 21.7. The second-order valence-corrected chi connectivity index (χ2v) is 5.93. The Morgan fingerprint density at radius 1 is 1.19 bits per heavy atom. The van der Waals surface area contributed by atoms with Gasteiger partial charge in [0, 0.05) is 44.3 Å². The minimum Gasteiger partial charge on any atom is -0.340 e. The second-order valence-electron chi connectivity index (χ2n) is 5.93. The Hall–Kier alpha value is -1.68. The van der Waals surface area contributed by atoms with Crippen LogP contribution in [0, 0.1) is 5.92 Å². The maximum absolute atomic E-state index is 12.4. The Bertz CT molecular complexity index is 498. The van der Waals surface area contributed by atoms with Crippen LogP contribution in [0.15, 0.2) is 36.5 Å². The minimum atomic E-state index is 0.199. The zero-order valence-electron chi connectivity index (χ0n) is 12.6. The molecule has 21 heavy (non-hydrogen) atoms. The number of hydrogen-bond acceptors (Lipinski definition) is 3. The van der Waals surface area contributed by atoms with E-state index in [1.54, 1.807) is 0 Å². The molecule has 0 saturated carbocycles. The van der Waals surface area contributed by atoms with Gasteiger partial charge in [0.05, 0.1) is 5.69 Å². The van der Waals surface area contributed by atoms with Gasteiger partial charge in [0.25, 0.3) is 0 Å². The molecule has 0 N–H and O–H groups in total. The largest absolute Gasteiger partial charge is 0.340 e. The molecular formula is C17H23N3O. The van der Waals surface area contributed by atoms with Crippen molar-refractivity contribution in [1.29, 1.82) is 0 Å². The number of aromatic nitrogens is 1. The highest BCUT2D eigenvalue weighted by Crippen LogP contribution is 2.23. The number of rotatable bonds is 3. The summed E-state index contributed by atoms with van der Waals surface area (Å²) in [5.41, 5.74) is 1.11. The summed E-state index contributed by atoms with van der Waals surface area (Å²) in [4.78, 5) is 21.3. The average Bonchev–Trinajstić information content (AvgIpc) is 3.09. The van der Waals surface area contributed by atoms with E-state index in [2.05, 4.69) is 35.0 Å². The van der Waals surface area contributed by atoms with Gasteiger partial charge >= 0.3 is 0 Å². The fraction of sp³-hybridized carbons (Fsp3) is 0.529. The minimum absolute atomic E-state index is 0.199. The fourth-order valence-electron chi connectivity index (χ4n) is 3.22. The van der Waals surface area contributed by atoms with Gasteiger partial charge in [0.1, 0.15) is 0 Å². The first-order valence-corrected chi connectivity index (χ1v) is 7.84. The highest BCUT2D eigenvalue weighted by Gasteiger charge is 2.29. The molecule has 1 unspecified atom stereocenters. The Morgan fingerprint density at radius 3 is 2.52 bits per heavy atom. The van der Waals surface area contributed by atoms with E-state index in [-0.39, 0.29) is 5.92 Å². The van der Waals surface area contributed by atoms with Gasteiger partial charge in [0.15, 0.2) is 0 Å². The number of carbonyl (C=O) groups excluding carboxylic acids is 1. The Morgan fingerprint density at radius 2 is 1.90 bits per heavy atom. The number of nitrogens with zero attached hydrogens (tertiary/aromatic N) is 3. The third-order valence-corrected chi connectivity index (χ3v) is 4.65. The molecule has 4 nitrogen and oxygen atoms in total. The van der Waals surface area contributed by atoms with Crippen molar-refractivity contribution in [3.63, 3.8) is 0 Å². The molecule has 0 radical (unpaired) electrons. The lowest BCUT2D eigenvalue weighted by Crippen LogP contribution is -2.50. The van der Waals surface area contributed by atoms with E-state index < -0.39 is 0 Å². The van der Waals surface area contributed by atoms with Crippen LogP contribution >= 0.6 is 0 Å². The first-order valence-electron chi connectivity index (χ1n) is 7.84. The van der Waals surface area contributed by atoms with E-state index in [4.69, 9.17) is 0 Å². The Kier molecular flexibility index (Phi) is 4.34. The number of carbonyl (C=O) groups is 1. The van der Waals surface area contributed by atoms with Crippen molar-refractivity contribution in [2.45, 2.75) is 25.8 Å². The molecule has 2 heterocycles. The van der Waals surface area contributed by atoms with E-state index in [1.165, 1.54) is 0 Å². The number of hydrogen-bond donors (Lipinski definition) is 0. The molecule has 3 rings (SSSR count). The van der Waals surface area contributed by atoms with Crippen LogP contribution in [0.3, 0.4) is 0 Å². The summed E-state index contributed by atoms with van der Waals surface area (Å²) in [7, 11) is 0. The van der Waals surface area contributed by atoms with Crippen molar-refractivity contribution in [3.8, 4) is 0 Å². The molecule has 1 aromatic heterocycles. The number of allylic oxidation sites excluding steroid dienone is 2. The highest BCUT2D eigenvalue weighted by molar-refractivity contribution is 5.79. The summed E-state index contributed by atoms with van der Waals surface area (Å²) in [6, 6.07) is 6.37. The third-order valence-electron chi connectivity index (χ3n) is 4.65. The lowest BCUT2D eigenvalue weighted by atomic mass is 10.0. The number of piperazine rings is 1. The van der Waals surface area contributed by atoms with Gasteiger partial charge in [-0.05, 0) is 31.9 Å². The van der Waals surface area contributed by atoms with Crippen molar-refractivity contribution in [1.82, 2.24) is 14.8 Å². The molecule has 1 aromatic rings. The maximum Gasteiger partial charge on any atom is 0.226 e. The van der Waals surface area contributed by atoms with Gasteiger partial charge in [-0.3, -0.25) is 14.7 Å². The SMILES string of the molecule is CC(c1ccccn1)N1CCN(C(=O)C2CC=CC2)CC1. The summed E-state index contributed by atoms with van der Waals surface area (Å²) >= 11 is 0. The van der Waals surface area contributed by atoms with Gasteiger partial charge in [-0.2, -0.15) is 0 Å². The topological polar surface area (TPSA) is 36.4 Å². The van der Waals surface area contributed by atoms with E-state index >= 15 is 0 Å². The second kappa shape index (κ2) is 6.39. The lowest BCUT2D eigenvalue weighted by molar-refractivity contribution is -0.137. The number of amides is 1. The zero-order valence-corrected chi connectivity index (χ0v) is 12.6. The van der Waals surface area contributed by atoms with Gasteiger partial charge in [-0.15, -0.1) is 0 Å². The van der Waals surface area contributed by atoms with Crippen molar-refractivity contribution >= 4 is 5.91 Å². The first kappa shape index (κ1) is 14.3. The molecule has 4 heteroatoms. The molecule has 0 bridgehead atoms. The van der Waals surface area contributed by atoms with Gasteiger partial charge in [-0.1, -0.05) is 18.2 Å². The zero-order chi connectivity index (χ0) is 14.7. The van der Waals surface area contributed by atoms with Gasteiger partial charge < -0.3 is 4.90 Å². The molecule has 1 fully saturated rings. The molecule has 1 atom stereocenters. The maximum atomic E-state index is 12.4. The van der Waals surface area contributed by atoms with Crippen molar-refractivity contribution in [2.24, 2.45) is 5.92 Å². The van der Waals surface area contributed by atoms with Crippen LogP contribution < -0.4 is 0 Å². The molecule has 1 saturated heterocycles. The molecule has 2 aliphatic rings. The summed E-state index contributed by atoms with van der Waals surface area (Å²) in [6.45, 7) is 5.74. The molecule has 0 spiro atoms. The Labute approximate surface area is 126 Å². The first-order chi connectivity index (χ1) is 10.3. The van der Waals surface area contributed by atoms with Crippen LogP contribution in [0.5, 0.6) is 0 Å². The summed E-state index contributed by atoms with van der Waals surface area (Å²) in [5.74, 6) is 0.537. The predicted molar refractivity (Wildman–Crippen MR) is 82.7 cm³/mol. The monoisotopic (exact) mass is 285 g/mol. The van der Waals surface area contributed by atoms with Crippen LogP contribution in [-0.4, -0.2) is 46.9 Å². The van der Waals surface area contributed by atoms with Crippen LogP contribution in [0.1, 0.15) is 31.5 Å². The van der Waals surface area contributed by atoms with E-state index in [9.17, 15) is 4.79 Å². The fourth-order valence-corrected chi connectivity index (χ4v) is 3.22. The number of pyridine rings is 1. The molecule has 1 aliphatic heterocycles. The third kappa shape index (κ3) is 3.16. The highest BCUT2D eigenvalue weighted by atomic mass is 16.2. The molecule has 0 aromatic carbocycles. The van der Waals surface area contributed by atoms with Crippen molar-refractivity contribution in [3.05, 3.63) is 42.2 Å². The molecule has 1 aliphatic carbocycles. The van der Waals surface area contributed by atoms with Crippen LogP contribution in [-0.2, 0) is 4.79 Å². The summed E-state index contributed by atoms with van der Waals surface area (Å²) in [5, 5.41) is 0. The standard InChI is InChI=1S/C17H23N3O/c1-14(16-8-4-5-9-18-16)19-10-12-20(13-11-19)17(21)15-6-2-3-7-15/h2-5,8-9,14-15H,6-7,10-13H2,1H3. The van der Waals surface area contributed by atoms with Gasteiger partial charge in [0.2, 0.25) is 5.91 Å². The van der Waals surface area contributed by atoms with Crippen molar-refractivity contribution in [2.75, 3.05) is 26.2 Å². The Balaban J connectivity index is 1.54. The van der Waals surface area contributed by atoms with Gasteiger partial charge in [-0.25, -0.2) is 0 Å². The molecule has 112 valence electrons. The smallest absolute Gasteiger partial charge is 0.226 e. The van der Waals surface area contributed by atoms with E-state index in [0.717, 1.165) is 44.7 Å². The quantitative estimate of drug-likeness (QED) is 0.799. The van der Waals surface area contributed by atoms with Crippen LogP contribution in [0.4, 0.5) is 0 Å². The van der Waals surface area contributed by atoms with E-state index in [1.807, 2.05) is 23.2 Å². The summed E-state index contributed by atoms with van der Waals surface area (Å²) < 4.78 is 0.